The van der Waals surface area contributed by atoms with Crippen LogP contribution in [0.2, 0.25) is 19.6 Å². The summed E-state index contributed by atoms with van der Waals surface area (Å²) in [6.45, 7) is 10.2. The van der Waals surface area contributed by atoms with Crippen molar-refractivity contribution in [2.45, 2.75) is 19.6 Å². The predicted molar refractivity (Wildman–Crippen MR) is 69.0 cm³/mol. The molecule has 80 valence electrons. The molecule has 0 amide bonds. The van der Waals surface area contributed by atoms with E-state index >= 15 is 0 Å². The van der Waals surface area contributed by atoms with Crippen molar-refractivity contribution in [2.24, 2.45) is 0 Å². The Kier molecular flexibility index (Phi) is 3.92. The highest BCUT2D eigenvalue weighted by Gasteiger charge is 2.17. The van der Waals surface area contributed by atoms with Crippen LogP contribution in [0.1, 0.15) is 5.56 Å². The molecule has 1 aromatic rings. The molecule has 2 heteroatoms. The Hall–Kier alpha value is -1.28. The van der Waals surface area contributed by atoms with Crippen LogP contribution in [0.25, 0.3) is 5.76 Å². The average Bonchev–Trinajstić information content (AvgIpc) is 2.17. The molecule has 0 radical (unpaired) electrons. The van der Waals surface area contributed by atoms with Gasteiger partial charge in [0.1, 0.15) is 5.76 Å². The van der Waals surface area contributed by atoms with Gasteiger partial charge in [0.25, 0.3) is 0 Å². The summed E-state index contributed by atoms with van der Waals surface area (Å²) in [7, 11) is -1.56. The normalized spacial score (nSPS) is 12.3. The molecular weight excluding hydrogens is 200 g/mol. The Morgan fingerprint density at radius 3 is 2.27 bits per heavy atom. The van der Waals surface area contributed by atoms with E-state index < -0.39 is 8.32 Å². The summed E-state index contributed by atoms with van der Waals surface area (Å²) in [5, 5.41) is 0. The molecule has 0 N–H and O–H groups in total. The van der Waals surface area contributed by atoms with Gasteiger partial charge in [0.05, 0.1) is 0 Å². The zero-order valence-corrected chi connectivity index (χ0v) is 10.7. The van der Waals surface area contributed by atoms with E-state index in [1.165, 1.54) is 0 Å². The molecule has 0 unspecified atom stereocenters. The van der Waals surface area contributed by atoms with Crippen molar-refractivity contribution in [2.75, 3.05) is 0 Å². The number of rotatable bonds is 4. The Morgan fingerprint density at radius 2 is 1.80 bits per heavy atom. The smallest absolute Gasteiger partial charge is 0.242 e. The molecular formula is C13H18OSi. The zero-order chi connectivity index (χ0) is 11.3. The van der Waals surface area contributed by atoms with Gasteiger partial charge in [-0.15, -0.1) is 0 Å². The van der Waals surface area contributed by atoms with Crippen LogP contribution in [-0.2, 0) is 4.43 Å². The number of hydrogen-bond donors (Lipinski definition) is 0. The Labute approximate surface area is 93.2 Å². The highest BCUT2D eigenvalue weighted by atomic mass is 28.4. The lowest BCUT2D eigenvalue weighted by Gasteiger charge is -2.21. The molecule has 0 spiro atoms. The molecule has 0 aromatic heterocycles. The second kappa shape index (κ2) is 4.98. The fourth-order valence-corrected chi connectivity index (χ4v) is 2.07. The van der Waals surface area contributed by atoms with Gasteiger partial charge in [-0.1, -0.05) is 43.0 Å². The van der Waals surface area contributed by atoms with E-state index in [1.54, 1.807) is 6.08 Å². The molecule has 0 fully saturated rings. The van der Waals surface area contributed by atoms with Gasteiger partial charge < -0.3 is 4.43 Å². The lowest BCUT2D eigenvalue weighted by atomic mass is 10.2. The first-order valence-corrected chi connectivity index (χ1v) is 8.51. The van der Waals surface area contributed by atoms with E-state index in [-0.39, 0.29) is 0 Å². The van der Waals surface area contributed by atoms with Crippen LogP contribution in [0.5, 0.6) is 0 Å². The minimum atomic E-state index is -1.56. The molecule has 0 saturated heterocycles. The van der Waals surface area contributed by atoms with Gasteiger partial charge in [0.15, 0.2) is 0 Å². The Morgan fingerprint density at radius 1 is 1.20 bits per heavy atom. The van der Waals surface area contributed by atoms with Crippen molar-refractivity contribution in [3.63, 3.8) is 0 Å². The third-order valence-electron chi connectivity index (χ3n) is 1.74. The van der Waals surface area contributed by atoms with Gasteiger partial charge in [-0.3, -0.25) is 0 Å². The Bertz CT molecular complexity index is 347. The molecule has 1 aromatic carbocycles. The largest absolute Gasteiger partial charge is 0.544 e. The molecule has 0 saturated carbocycles. The topological polar surface area (TPSA) is 9.23 Å². The minimum absolute atomic E-state index is 0.921. The van der Waals surface area contributed by atoms with E-state index in [0.29, 0.717) is 0 Å². The number of hydrogen-bond acceptors (Lipinski definition) is 1. The third kappa shape index (κ3) is 4.17. The van der Waals surface area contributed by atoms with E-state index in [1.807, 2.05) is 24.3 Å². The monoisotopic (exact) mass is 218 g/mol. The summed E-state index contributed by atoms with van der Waals surface area (Å²) in [6, 6.07) is 10.1. The van der Waals surface area contributed by atoms with Crippen LogP contribution in [0.4, 0.5) is 0 Å². The van der Waals surface area contributed by atoms with Crippen LogP contribution in [0.15, 0.2) is 49.1 Å². The first kappa shape index (κ1) is 11.8. The second-order valence-corrected chi connectivity index (χ2v) is 8.78. The fourth-order valence-electron chi connectivity index (χ4n) is 1.23. The SMILES string of the molecule is C=C/C=C(/O[Si](C)(C)C)c1ccccc1. The zero-order valence-electron chi connectivity index (χ0n) is 9.66. The fraction of sp³-hybridized carbons (Fsp3) is 0.231. The van der Waals surface area contributed by atoms with Crippen LogP contribution >= 0.6 is 0 Å². The van der Waals surface area contributed by atoms with Crippen LogP contribution in [-0.4, -0.2) is 8.32 Å². The maximum Gasteiger partial charge on any atom is 0.242 e. The summed E-state index contributed by atoms with van der Waals surface area (Å²) < 4.78 is 5.99. The molecule has 1 rings (SSSR count). The summed E-state index contributed by atoms with van der Waals surface area (Å²) >= 11 is 0. The molecule has 0 aliphatic heterocycles. The number of allylic oxidation sites excluding steroid dienone is 2. The van der Waals surface area contributed by atoms with Crippen LogP contribution in [0.3, 0.4) is 0 Å². The van der Waals surface area contributed by atoms with Crippen LogP contribution < -0.4 is 0 Å². The average molecular weight is 218 g/mol. The summed E-state index contributed by atoms with van der Waals surface area (Å²) in [5.41, 5.74) is 1.11. The minimum Gasteiger partial charge on any atom is -0.544 e. The highest BCUT2D eigenvalue weighted by molar-refractivity contribution is 6.70. The van der Waals surface area contributed by atoms with Crippen LogP contribution in [0, 0.1) is 0 Å². The molecule has 0 heterocycles. The van der Waals surface area contributed by atoms with Crippen molar-refractivity contribution in [1.29, 1.82) is 0 Å². The summed E-state index contributed by atoms with van der Waals surface area (Å²) in [5.74, 6) is 0.921. The lowest BCUT2D eigenvalue weighted by molar-refractivity contribution is 0.514. The molecule has 15 heavy (non-hydrogen) atoms. The predicted octanol–water partition coefficient (Wildman–Crippen LogP) is 4.07. The molecule has 0 aliphatic rings. The van der Waals surface area contributed by atoms with Crippen molar-refractivity contribution < 1.29 is 4.43 Å². The molecule has 0 aliphatic carbocycles. The van der Waals surface area contributed by atoms with E-state index in [9.17, 15) is 0 Å². The first-order valence-electron chi connectivity index (χ1n) is 5.10. The molecule has 0 atom stereocenters. The van der Waals surface area contributed by atoms with Gasteiger partial charge in [-0.05, 0) is 25.7 Å². The van der Waals surface area contributed by atoms with Gasteiger partial charge >= 0.3 is 0 Å². The maximum absolute atomic E-state index is 5.99. The van der Waals surface area contributed by atoms with Crippen molar-refractivity contribution in [3.05, 3.63) is 54.6 Å². The van der Waals surface area contributed by atoms with Crippen molar-refractivity contribution in [3.8, 4) is 0 Å². The first-order chi connectivity index (χ1) is 7.03. The van der Waals surface area contributed by atoms with Gasteiger partial charge in [-0.2, -0.15) is 0 Å². The number of benzene rings is 1. The lowest BCUT2D eigenvalue weighted by Crippen LogP contribution is -2.24. The van der Waals surface area contributed by atoms with Crippen molar-refractivity contribution in [1.82, 2.24) is 0 Å². The Balaban J connectivity index is 2.95. The van der Waals surface area contributed by atoms with Gasteiger partial charge in [0.2, 0.25) is 8.32 Å². The van der Waals surface area contributed by atoms with Gasteiger partial charge in [-0.25, -0.2) is 0 Å². The standard InChI is InChI=1S/C13H18OSi/c1-5-9-13(14-15(2,3)4)12-10-7-6-8-11-12/h5-11H,1H2,2-4H3/b13-9+. The third-order valence-corrected chi connectivity index (χ3v) is 2.58. The van der Waals surface area contributed by atoms with E-state index in [2.05, 4.69) is 38.4 Å². The van der Waals surface area contributed by atoms with E-state index in [0.717, 1.165) is 11.3 Å². The molecule has 1 nitrogen and oxygen atoms in total. The molecule has 0 bridgehead atoms. The summed E-state index contributed by atoms with van der Waals surface area (Å²) in [6.07, 6.45) is 3.69. The van der Waals surface area contributed by atoms with Gasteiger partial charge in [0, 0.05) is 5.56 Å². The highest BCUT2D eigenvalue weighted by Crippen LogP contribution is 2.20. The van der Waals surface area contributed by atoms with Crippen molar-refractivity contribution >= 4 is 14.1 Å². The summed E-state index contributed by atoms with van der Waals surface area (Å²) in [4.78, 5) is 0. The second-order valence-electron chi connectivity index (χ2n) is 4.35. The van der Waals surface area contributed by atoms with E-state index in [4.69, 9.17) is 4.43 Å². The quantitative estimate of drug-likeness (QED) is 0.420. The maximum atomic E-state index is 5.99.